The number of aryl methyl sites for hydroxylation is 1. The van der Waals surface area contributed by atoms with Gasteiger partial charge in [0.05, 0.1) is 20.9 Å². The lowest BCUT2D eigenvalue weighted by Crippen LogP contribution is -3.00. The maximum atomic E-state index is 11.8. The van der Waals surface area contributed by atoms with E-state index in [2.05, 4.69) is 68.9 Å². The molecule has 0 aliphatic rings. The first kappa shape index (κ1) is 29.0. The monoisotopic (exact) mass is 829 g/mol. The number of pyridine rings is 1. The number of hydrogen-bond acceptors (Lipinski definition) is 4. The summed E-state index contributed by atoms with van der Waals surface area (Å²) in [5.41, 5.74) is 2.68. The van der Waals surface area contributed by atoms with E-state index in [0.29, 0.717) is 22.3 Å². The topological polar surface area (TPSA) is 72.2 Å². The Hall–Kier alpha value is -1.20. The fraction of sp³-hybridized carbons (Fsp3) is 0.125. The number of hydrogen-bond donors (Lipinski definition) is 0. The molecule has 3 rings (SSSR count). The number of sulfone groups is 2. The molecule has 1 heterocycles. The van der Waals surface area contributed by atoms with E-state index >= 15 is 0 Å². The lowest BCUT2D eigenvalue weighted by molar-refractivity contribution is -0.671. The standard InChI is InChI=1S/C24H18I2NO4S2.HI/c1-27-15-17(4-6-19-13-21(32(2,28)29)8-10-23(19)25)12-18(16-27)5-7-20-14-22(33(3,30)31)9-11-24(20)26;/h8-16H,1-3H3;1H/q+1;/p-1. The van der Waals surface area contributed by atoms with Crippen molar-refractivity contribution in [2.75, 3.05) is 12.5 Å². The Labute approximate surface area is 244 Å². The summed E-state index contributed by atoms with van der Waals surface area (Å²) in [7, 11) is -4.78. The van der Waals surface area contributed by atoms with Crippen LogP contribution in [0.25, 0.3) is 0 Å². The highest BCUT2D eigenvalue weighted by Crippen LogP contribution is 2.18. The zero-order chi connectivity index (χ0) is 24.4. The van der Waals surface area contributed by atoms with E-state index in [-0.39, 0.29) is 33.8 Å². The number of aromatic nitrogens is 1. The van der Waals surface area contributed by atoms with E-state index < -0.39 is 19.7 Å². The minimum atomic E-state index is -3.32. The maximum Gasteiger partial charge on any atom is 0.184 e. The van der Waals surface area contributed by atoms with E-state index in [0.717, 1.165) is 7.14 Å². The second-order valence-electron chi connectivity index (χ2n) is 7.31. The zero-order valence-corrected chi connectivity index (χ0v) is 26.3. The molecule has 0 saturated heterocycles. The molecule has 10 heteroatoms. The third-order valence-electron chi connectivity index (χ3n) is 4.41. The van der Waals surface area contributed by atoms with Crippen molar-refractivity contribution < 1.29 is 45.4 Å². The van der Waals surface area contributed by atoms with E-state index in [9.17, 15) is 16.8 Å². The Morgan fingerprint density at radius 2 is 1.06 bits per heavy atom. The highest BCUT2D eigenvalue weighted by molar-refractivity contribution is 14.1. The number of rotatable bonds is 2. The summed E-state index contributed by atoms with van der Waals surface area (Å²) < 4.78 is 50.9. The Balaban J connectivity index is 0.00000408. The molecule has 0 aliphatic carbocycles. The van der Waals surface area contributed by atoms with Gasteiger partial charge in [-0.3, -0.25) is 0 Å². The lowest BCUT2D eigenvalue weighted by atomic mass is 10.1. The zero-order valence-electron chi connectivity index (χ0n) is 18.2. The number of halogens is 3. The van der Waals surface area contributed by atoms with Gasteiger partial charge in [-0.1, -0.05) is 23.7 Å². The second kappa shape index (κ2) is 11.7. The van der Waals surface area contributed by atoms with Crippen molar-refractivity contribution in [3.63, 3.8) is 0 Å². The Morgan fingerprint density at radius 1 is 0.676 bits per heavy atom. The minimum absolute atomic E-state index is 0. The molecule has 0 atom stereocenters. The quantitative estimate of drug-likeness (QED) is 0.213. The van der Waals surface area contributed by atoms with Crippen LogP contribution in [0, 0.1) is 30.8 Å². The van der Waals surface area contributed by atoms with Crippen LogP contribution < -0.4 is 28.5 Å². The first-order chi connectivity index (χ1) is 15.3. The molecule has 0 aliphatic heterocycles. The maximum absolute atomic E-state index is 11.8. The van der Waals surface area contributed by atoms with E-state index in [1.807, 2.05) is 30.1 Å². The van der Waals surface area contributed by atoms with Gasteiger partial charge in [0.25, 0.3) is 0 Å². The third-order valence-corrected chi connectivity index (χ3v) is 8.51. The fourth-order valence-electron chi connectivity index (χ4n) is 2.80. The van der Waals surface area contributed by atoms with Crippen LogP contribution in [-0.2, 0) is 26.7 Å². The van der Waals surface area contributed by atoms with Crippen molar-refractivity contribution in [1.82, 2.24) is 0 Å². The molecule has 0 N–H and O–H groups in total. The lowest BCUT2D eigenvalue weighted by Gasteiger charge is -2.01. The molecule has 2 aromatic carbocycles. The molecule has 0 unspecified atom stereocenters. The van der Waals surface area contributed by atoms with Gasteiger partial charge >= 0.3 is 0 Å². The molecule has 176 valence electrons. The predicted octanol–water partition coefficient (Wildman–Crippen LogP) is 0.331. The van der Waals surface area contributed by atoms with Crippen LogP contribution in [0.4, 0.5) is 0 Å². The molecule has 5 nitrogen and oxygen atoms in total. The van der Waals surface area contributed by atoms with Crippen molar-refractivity contribution in [1.29, 1.82) is 0 Å². The minimum Gasteiger partial charge on any atom is -1.00 e. The van der Waals surface area contributed by atoms with E-state index in [1.165, 1.54) is 12.5 Å². The highest BCUT2D eigenvalue weighted by atomic mass is 127. The Morgan fingerprint density at radius 3 is 1.41 bits per heavy atom. The van der Waals surface area contributed by atoms with Gasteiger partial charge in [-0.2, -0.15) is 0 Å². The van der Waals surface area contributed by atoms with Gasteiger partial charge in [-0.15, -0.1) is 0 Å². The second-order valence-corrected chi connectivity index (χ2v) is 13.7. The summed E-state index contributed by atoms with van der Waals surface area (Å²) in [6.07, 6.45) is 6.03. The fourth-order valence-corrected chi connectivity index (χ4v) is 5.03. The van der Waals surface area contributed by atoms with Gasteiger partial charge in [-0.25, -0.2) is 21.4 Å². The summed E-state index contributed by atoms with van der Waals surface area (Å²) in [4.78, 5) is 0.451. The van der Waals surface area contributed by atoms with Crippen LogP contribution >= 0.6 is 45.2 Å². The molecular weight excluding hydrogens is 811 g/mol. The summed E-state index contributed by atoms with van der Waals surface area (Å²) in [5, 5.41) is 0. The Bertz CT molecular complexity index is 1490. The average molecular weight is 829 g/mol. The molecule has 0 radical (unpaired) electrons. The summed E-state index contributed by atoms with van der Waals surface area (Å²) >= 11 is 4.25. The molecule has 0 bridgehead atoms. The van der Waals surface area contributed by atoms with E-state index in [1.54, 1.807) is 36.4 Å². The van der Waals surface area contributed by atoms with Crippen LogP contribution in [0.5, 0.6) is 0 Å². The molecule has 34 heavy (non-hydrogen) atoms. The summed E-state index contributed by atoms with van der Waals surface area (Å²) in [6.45, 7) is 0. The number of benzene rings is 2. The van der Waals surface area contributed by atoms with Crippen molar-refractivity contribution in [2.45, 2.75) is 9.79 Å². The van der Waals surface area contributed by atoms with Crippen LogP contribution in [0.15, 0.2) is 64.6 Å². The smallest absolute Gasteiger partial charge is 0.184 e. The van der Waals surface area contributed by atoms with Gasteiger partial charge < -0.3 is 24.0 Å². The highest BCUT2D eigenvalue weighted by Gasteiger charge is 2.10. The first-order valence-electron chi connectivity index (χ1n) is 9.36. The van der Waals surface area contributed by atoms with Gasteiger partial charge in [0.15, 0.2) is 32.1 Å². The van der Waals surface area contributed by atoms with E-state index in [4.69, 9.17) is 0 Å². The first-order valence-corrected chi connectivity index (χ1v) is 15.3. The molecule has 3 aromatic rings. The molecule has 1 aromatic heterocycles. The van der Waals surface area contributed by atoms with Crippen LogP contribution in [0.1, 0.15) is 22.3 Å². The van der Waals surface area contributed by atoms with Gasteiger partial charge in [0.1, 0.15) is 7.05 Å². The van der Waals surface area contributed by atoms with Gasteiger partial charge in [0.2, 0.25) is 0 Å². The molecular formula is C24H18I3NO4S2. The number of nitrogens with zero attached hydrogens (tertiary/aromatic N) is 1. The largest absolute Gasteiger partial charge is 1.00 e. The SMILES string of the molecule is C[n+]1cc(C#Cc2cc(S(C)(=O)=O)ccc2I)cc(C#Cc2cc(S(C)(=O)=O)ccc2I)c1.[I-]. The van der Waals surface area contributed by atoms with Gasteiger partial charge in [0, 0.05) is 30.8 Å². The molecule has 0 amide bonds. The molecule has 0 saturated carbocycles. The summed E-state index contributed by atoms with van der Waals surface area (Å²) in [5.74, 6) is 12.3. The van der Waals surface area contributed by atoms with Crippen molar-refractivity contribution in [3.8, 4) is 23.7 Å². The average Bonchev–Trinajstić information content (AvgIpc) is 2.70. The van der Waals surface area contributed by atoms with Crippen molar-refractivity contribution in [3.05, 3.63) is 84.3 Å². The van der Waals surface area contributed by atoms with Crippen molar-refractivity contribution >= 4 is 64.9 Å². The van der Waals surface area contributed by atoms with Crippen LogP contribution in [-0.4, -0.2) is 29.3 Å². The Kier molecular flexibility index (Phi) is 9.98. The third kappa shape index (κ3) is 7.91. The van der Waals surface area contributed by atoms with Gasteiger partial charge in [-0.05, 0) is 87.6 Å². The van der Waals surface area contributed by atoms with Crippen LogP contribution in [0.3, 0.4) is 0 Å². The normalized spacial score (nSPS) is 10.9. The molecule has 0 spiro atoms. The molecule has 0 fully saturated rings. The van der Waals surface area contributed by atoms with Crippen molar-refractivity contribution in [2.24, 2.45) is 7.05 Å². The summed E-state index contributed by atoms with van der Waals surface area (Å²) in [6, 6.07) is 11.6. The predicted molar refractivity (Wildman–Crippen MR) is 144 cm³/mol. The van der Waals surface area contributed by atoms with Crippen LogP contribution in [0.2, 0.25) is 0 Å².